The number of rotatable bonds is 0. The summed E-state index contributed by atoms with van der Waals surface area (Å²) in [5, 5.41) is 0. The van der Waals surface area contributed by atoms with Crippen molar-refractivity contribution in [1.29, 1.82) is 0 Å². The average Bonchev–Trinajstić information content (AvgIpc) is 1.88. The number of nitrogens with two attached hydrogens (primary N) is 1. The predicted molar refractivity (Wildman–Crippen MR) is 39.5 cm³/mol. The van der Waals surface area contributed by atoms with E-state index in [1.807, 2.05) is 6.92 Å². The third-order valence-corrected chi connectivity index (χ3v) is 1.64. The molecule has 0 atom stereocenters. The maximum Gasteiger partial charge on any atom is 0.315 e. The van der Waals surface area contributed by atoms with E-state index in [9.17, 15) is 4.79 Å². The van der Waals surface area contributed by atoms with Crippen LogP contribution in [0.3, 0.4) is 0 Å². The number of hydrogen-bond acceptors (Lipinski definition) is 1. The van der Waals surface area contributed by atoms with Crippen molar-refractivity contribution in [3.05, 3.63) is 11.6 Å². The molecule has 56 valence electrons. The summed E-state index contributed by atoms with van der Waals surface area (Å²) in [5.74, 6) is 0. The van der Waals surface area contributed by atoms with Crippen molar-refractivity contribution in [1.82, 2.24) is 4.90 Å². The minimum Gasteiger partial charge on any atom is -0.351 e. The van der Waals surface area contributed by atoms with Gasteiger partial charge in [0.25, 0.3) is 0 Å². The molecule has 0 unspecified atom stereocenters. The molecule has 1 heterocycles. The molecule has 1 aliphatic rings. The lowest BCUT2D eigenvalue weighted by Gasteiger charge is -2.23. The van der Waals surface area contributed by atoms with Crippen LogP contribution in [0, 0.1) is 0 Å². The van der Waals surface area contributed by atoms with Crippen LogP contribution < -0.4 is 5.73 Å². The van der Waals surface area contributed by atoms with Gasteiger partial charge >= 0.3 is 6.03 Å². The smallest absolute Gasteiger partial charge is 0.315 e. The van der Waals surface area contributed by atoms with Crippen LogP contribution >= 0.6 is 0 Å². The zero-order valence-corrected chi connectivity index (χ0v) is 6.13. The first-order chi connectivity index (χ1) is 4.70. The lowest BCUT2D eigenvalue weighted by Crippen LogP contribution is -2.39. The van der Waals surface area contributed by atoms with E-state index in [0.717, 1.165) is 13.0 Å². The fourth-order valence-electron chi connectivity index (χ4n) is 1.10. The first-order valence-electron chi connectivity index (χ1n) is 3.40. The lowest BCUT2D eigenvalue weighted by atomic mass is 10.1. The second-order valence-electron chi connectivity index (χ2n) is 2.60. The molecule has 0 aliphatic carbocycles. The largest absolute Gasteiger partial charge is 0.351 e. The van der Waals surface area contributed by atoms with Gasteiger partial charge in [0.1, 0.15) is 0 Å². The van der Waals surface area contributed by atoms with Crippen LogP contribution in [0.2, 0.25) is 0 Å². The summed E-state index contributed by atoms with van der Waals surface area (Å²) in [7, 11) is 0. The molecular formula is C7H12N2O. The van der Waals surface area contributed by atoms with Crippen molar-refractivity contribution < 1.29 is 4.79 Å². The number of carbonyl (C=O) groups excluding carboxylic acids is 1. The molecular weight excluding hydrogens is 128 g/mol. The van der Waals surface area contributed by atoms with E-state index >= 15 is 0 Å². The van der Waals surface area contributed by atoms with Crippen LogP contribution in [0.25, 0.3) is 0 Å². The van der Waals surface area contributed by atoms with Crippen LogP contribution in [-0.2, 0) is 0 Å². The van der Waals surface area contributed by atoms with E-state index in [-0.39, 0.29) is 6.03 Å². The maximum absolute atomic E-state index is 10.6. The van der Waals surface area contributed by atoms with Crippen LogP contribution in [0.5, 0.6) is 0 Å². The van der Waals surface area contributed by atoms with Gasteiger partial charge in [0.15, 0.2) is 0 Å². The van der Waals surface area contributed by atoms with E-state index in [2.05, 4.69) is 6.08 Å². The Hall–Kier alpha value is -0.990. The van der Waals surface area contributed by atoms with Crippen molar-refractivity contribution in [2.24, 2.45) is 5.73 Å². The van der Waals surface area contributed by atoms with Gasteiger partial charge in [-0.15, -0.1) is 0 Å². The summed E-state index contributed by atoms with van der Waals surface area (Å²) >= 11 is 0. The van der Waals surface area contributed by atoms with E-state index in [1.54, 1.807) is 4.90 Å². The average molecular weight is 140 g/mol. The molecule has 0 bridgehead atoms. The molecule has 2 amide bonds. The zero-order valence-electron chi connectivity index (χ0n) is 6.13. The highest BCUT2D eigenvalue weighted by Gasteiger charge is 2.11. The number of primary amides is 1. The fraction of sp³-hybridized carbons (Fsp3) is 0.571. The van der Waals surface area contributed by atoms with Crippen molar-refractivity contribution in [2.75, 3.05) is 13.1 Å². The molecule has 0 aromatic carbocycles. The SMILES string of the molecule is CC1=CCCN(C(N)=O)C1. The topological polar surface area (TPSA) is 46.3 Å². The summed E-state index contributed by atoms with van der Waals surface area (Å²) < 4.78 is 0. The van der Waals surface area contributed by atoms with Crippen LogP contribution in [0.4, 0.5) is 4.79 Å². The molecule has 1 rings (SSSR count). The highest BCUT2D eigenvalue weighted by molar-refractivity contribution is 5.72. The molecule has 1 aliphatic heterocycles. The fourth-order valence-corrected chi connectivity index (χ4v) is 1.10. The van der Waals surface area contributed by atoms with Gasteiger partial charge in [0.05, 0.1) is 0 Å². The summed E-state index contributed by atoms with van der Waals surface area (Å²) in [6.07, 6.45) is 3.08. The van der Waals surface area contributed by atoms with Gasteiger partial charge in [0, 0.05) is 13.1 Å². The Morgan fingerprint density at radius 1 is 1.80 bits per heavy atom. The summed E-state index contributed by atoms with van der Waals surface area (Å²) in [6, 6.07) is -0.313. The second-order valence-corrected chi connectivity index (χ2v) is 2.60. The standard InChI is InChI=1S/C7H12N2O/c1-6-3-2-4-9(5-6)7(8)10/h3H,2,4-5H2,1H3,(H2,8,10). The third-order valence-electron chi connectivity index (χ3n) is 1.64. The second kappa shape index (κ2) is 2.73. The van der Waals surface area contributed by atoms with Crippen LogP contribution in [-0.4, -0.2) is 24.0 Å². The Morgan fingerprint density at radius 2 is 2.50 bits per heavy atom. The highest BCUT2D eigenvalue weighted by atomic mass is 16.2. The number of urea groups is 1. The molecule has 0 saturated carbocycles. The van der Waals surface area contributed by atoms with E-state index < -0.39 is 0 Å². The summed E-state index contributed by atoms with van der Waals surface area (Å²) in [6.45, 7) is 3.48. The molecule has 0 saturated heterocycles. The Morgan fingerprint density at radius 3 is 2.90 bits per heavy atom. The number of carbonyl (C=O) groups is 1. The van der Waals surface area contributed by atoms with E-state index in [1.165, 1.54) is 5.57 Å². The first-order valence-corrected chi connectivity index (χ1v) is 3.40. The molecule has 10 heavy (non-hydrogen) atoms. The van der Waals surface area contributed by atoms with Crippen LogP contribution in [0.1, 0.15) is 13.3 Å². The van der Waals surface area contributed by atoms with E-state index in [0.29, 0.717) is 6.54 Å². The Bertz CT molecular complexity index is 174. The Kier molecular flexibility index (Phi) is 1.94. The predicted octanol–water partition coefficient (Wildman–Crippen LogP) is 0.717. The van der Waals surface area contributed by atoms with Gasteiger partial charge in [-0.1, -0.05) is 11.6 Å². The quantitative estimate of drug-likeness (QED) is 0.495. The number of hydrogen-bond donors (Lipinski definition) is 1. The first kappa shape index (κ1) is 7.12. The van der Waals surface area contributed by atoms with Gasteiger partial charge in [-0.3, -0.25) is 0 Å². The van der Waals surface area contributed by atoms with Crippen molar-refractivity contribution in [2.45, 2.75) is 13.3 Å². The Labute approximate surface area is 60.5 Å². The van der Waals surface area contributed by atoms with Gasteiger partial charge < -0.3 is 10.6 Å². The van der Waals surface area contributed by atoms with Crippen molar-refractivity contribution in [3.63, 3.8) is 0 Å². The Balaban J connectivity index is 2.53. The molecule has 0 aromatic heterocycles. The lowest BCUT2D eigenvalue weighted by molar-refractivity contribution is 0.211. The number of nitrogens with zero attached hydrogens (tertiary/aromatic N) is 1. The molecule has 0 fully saturated rings. The highest BCUT2D eigenvalue weighted by Crippen LogP contribution is 2.07. The van der Waals surface area contributed by atoms with E-state index in [4.69, 9.17) is 5.73 Å². The summed E-state index contributed by atoms with van der Waals surface area (Å²) in [5.41, 5.74) is 6.32. The minimum atomic E-state index is -0.313. The maximum atomic E-state index is 10.6. The van der Waals surface area contributed by atoms with Gasteiger partial charge in [-0.05, 0) is 13.3 Å². The molecule has 0 radical (unpaired) electrons. The molecule has 3 heteroatoms. The van der Waals surface area contributed by atoms with Gasteiger partial charge in [0.2, 0.25) is 0 Å². The molecule has 3 nitrogen and oxygen atoms in total. The van der Waals surface area contributed by atoms with Crippen molar-refractivity contribution in [3.8, 4) is 0 Å². The van der Waals surface area contributed by atoms with Crippen molar-refractivity contribution >= 4 is 6.03 Å². The number of amides is 2. The van der Waals surface area contributed by atoms with Gasteiger partial charge in [-0.25, -0.2) is 4.79 Å². The third kappa shape index (κ3) is 1.50. The monoisotopic (exact) mass is 140 g/mol. The van der Waals surface area contributed by atoms with Gasteiger partial charge in [-0.2, -0.15) is 0 Å². The van der Waals surface area contributed by atoms with Crippen LogP contribution in [0.15, 0.2) is 11.6 Å². The molecule has 0 aromatic rings. The summed E-state index contributed by atoms with van der Waals surface area (Å²) in [4.78, 5) is 12.3. The molecule has 0 spiro atoms. The normalized spacial score (nSPS) is 18.5. The molecule has 2 N–H and O–H groups in total. The zero-order chi connectivity index (χ0) is 7.56. The minimum absolute atomic E-state index is 0.313.